The lowest BCUT2D eigenvalue weighted by atomic mass is 10.7. The minimum absolute atomic E-state index is 0.176. The maximum atomic E-state index is 10.7. The Hall–Kier alpha value is -1.66. The molecule has 0 fully saturated rings. The highest BCUT2D eigenvalue weighted by atomic mass is 16.7. The van der Waals surface area contributed by atoms with E-state index in [0.717, 1.165) is 0 Å². The van der Waals surface area contributed by atoms with Gasteiger partial charge in [-0.25, -0.2) is 4.79 Å². The first-order valence-corrected chi connectivity index (χ1v) is 3.83. The van der Waals surface area contributed by atoms with Gasteiger partial charge in [0.05, 0.1) is 13.2 Å². The van der Waals surface area contributed by atoms with Gasteiger partial charge in [0.1, 0.15) is 6.61 Å². The Labute approximate surface area is 74.6 Å². The molecular weight excluding hydrogens is 176 g/mol. The number of carbonyl (C=O) groups excluding carboxylic acids is 1. The SMILES string of the molecule is CCOC(=O)OCCn1ncnn1. The average Bonchev–Trinajstić information content (AvgIpc) is 2.57. The molecule has 0 spiro atoms. The molecule has 0 aliphatic heterocycles. The van der Waals surface area contributed by atoms with E-state index in [1.165, 1.54) is 11.1 Å². The van der Waals surface area contributed by atoms with Crippen molar-refractivity contribution in [2.75, 3.05) is 13.2 Å². The molecule has 1 rings (SSSR count). The summed E-state index contributed by atoms with van der Waals surface area (Å²) in [4.78, 5) is 12.0. The van der Waals surface area contributed by atoms with Crippen LogP contribution in [0.25, 0.3) is 0 Å². The number of carbonyl (C=O) groups is 1. The van der Waals surface area contributed by atoms with E-state index in [1.807, 2.05) is 0 Å². The summed E-state index contributed by atoms with van der Waals surface area (Å²) in [6.45, 7) is 2.56. The number of tetrazole rings is 1. The largest absolute Gasteiger partial charge is 0.508 e. The Bertz CT molecular complexity index is 248. The normalized spacial score (nSPS) is 9.62. The molecule has 0 atom stereocenters. The summed E-state index contributed by atoms with van der Waals surface area (Å²) in [5, 5.41) is 10.8. The van der Waals surface area contributed by atoms with Crippen LogP contribution < -0.4 is 0 Å². The highest BCUT2D eigenvalue weighted by Crippen LogP contribution is 1.85. The van der Waals surface area contributed by atoms with Gasteiger partial charge >= 0.3 is 6.16 Å². The number of rotatable bonds is 4. The molecule has 0 N–H and O–H groups in total. The molecule has 0 aliphatic rings. The second kappa shape index (κ2) is 5.07. The summed E-state index contributed by atoms with van der Waals surface area (Å²) in [6, 6.07) is 0. The van der Waals surface area contributed by atoms with Crippen LogP contribution in [0.4, 0.5) is 4.79 Å². The van der Waals surface area contributed by atoms with Crippen molar-refractivity contribution in [2.24, 2.45) is 0 Å². The third-order valence-electron chi connectivity index (χ3n) is 1.16. The van der Waals surface area contributed by atoms with Gasteiger partial charge in [0, 0.05) is 0 Å². The van der Waals surface area contributed by atoms with Crippen molar-refractivity contribution in [3.05, 3.63) is 6.33 Å². The van der Waals surface area contributed by atoms with Crippen molar-refractivity contribution in [1.29, 1.82) is 0 Å². The van der Waals surface area contributed by atoms with Gasteiger partial charge in [-0.1, -0.05) is 0 Å². The van der Waals surface area contributed by atoms with Crippen LogP contribution in [0, 0.1) is 0 Å². The van der Waals surface area contributed by atoms with Crippen molar-refractivity contribution in [3.8, 4) is 0 Å². The zero-order chi connectivity index (χ0) is 9.52. The summed E-state index contributed by atoms with van der Waals surface area (Å²) in [5.74, 6) is 0. The lowest BCUT2D eigenvalue weighted by molar-refractivity contribution is 0.0551. The molecule has 7 nitrogen and oxygen atoms in total. The molecular formula is C6H10N4O3. The minimum Gasteiger partial charge on any atom is -0.435 e. The molecule has 0 aromatic carbocycles. The van der Waals surface area contributed by atoms with Gasteiger partial charge in [0.25, 0.3) is 0 Å². The van der Waals surface area contributed by atoms with Gasteiger partial charge in [0.15, 0.2) is 6.33 Å². The van der Waals surface area contributed by atoms with Crippen LogP contribution >= 0.6 is 0 Å². The fraction of sp³-hybridized carbons (Fsp3) is 0.667. The Morgan fingerprint density at radius 3 is 3.00 bits per heavy atom. The Morgan fingerprint density at radius 2 is 2.38 bits per heavy atom. The quantitative estimate of drug-likeness (QED) is 0.608. The molecule has 7 heteroatoms. The van der Waals surface area contributed by atoms with Crippen molar-refractivity contribution >= 4 is 6.16 Å². The first-order valence-electron chi connectivity index (χ1n) is 3.83. The van der Waals surface area contributed by atoms with Gasteiger partial charge in [-0.05, 0) is 12.1 Å². The maximum absolute atomic E-state index is 10.7. The van der Waals surface area contributed by atoms with E-state index < -0.39 is 6.16 Å². The molecule has 1 aromatic heterocycles. The second-order valence-corrected chi connectivity index (χ2v) is 2.06. The number of aromatic nitrogens is 4. The molecule has 1 aromatic rings. The molecule has 0 aliphatic carbocycles. The fourth-order valence-electron chi connectivity index (χ4n) is 0.661. The number of nitrogens with zero attached hydrogens (tertiary/aromatic N) is 4. The zero-order valence-electron chi connectivity index (χ0n) is 7.21. The van der Waals surface area contributed by atoms with Gasteiger partial charge in [-0.3, -0.25) is 0 Å². The molecule has 13 heavy (non-hydrogen) atoms. The Balaban J connectivity index is 2.11. The lowest BCUT2D eigenvalue weighted by Crippen LogP contribution is -2.14. The Kier molecular flexibility index (Phi) is 3.68. The van der Waals surface area contributed by atoms with Crippen LogP contribution in [0.5, 0.6) is 0 Å². The van der Waals surface area contributed by atoms with Crippen LogP contribution in [-0.4, -0.2) is 39.6 Å². The van der Waals surface area contributed by atoms with E-state index in [4.69, 9.17) is 0 Å². The number of hydrogen-bond acceptors (Lipinski definition) is 6. The van der Waals surface area contributed by atoms with Crippen molar-refractivity contribution in [3.63, 3.8) is 0 Å². The summed E-state index contributed by atoms with van der Waals surface area (Å²) < 4.78 is 9.20. The fourth-order valence-corrected chi connectivity index (χ4v) is 0.661. The highest BCUT2D eigenvalue weighted by molar-refractivity contribution is 5.59. The average molecular weight is 186 g/mol. The van der Waals surface area contributed by atoms with Crippen molar-refractivity contribution < 1.29 is 14.3 Å². The minimum atomic E-state index is -0.678. The van der Waals surface area contributed by atoms with E-state index in [9.17, 15) is 4.79 Å². The third kappa shape index (κ3) is 3.50. The summed E-state index contributed by atoms with van der Waals surface area (Å²) in [5.41, 5.74) is 0. The van der Waals surface area contributed by atoms with Crippen LogP contribution in [0.1, 0.15) is 6.92 Å². The van der Waals surface area contributed by atoms with E-state index >= 15 is 0 Å². The van der Waals surface area contributed by atoms with Crippen molar-refractivity contribution in [2.45, 2.75) is 13.5 Å². The van der Waals surface area contributed by atoms with E-state index in [0.29, 0.717) is 13.2 Å². The van der Waals surface area contributed by atoms with E-state index in [-0.39, 0.29) is 6.61 Å². The first kappa shape index (κ1) is 9.43. The van der Waals surface area contributed by atoms with Crippen LogP contribution in [0.15, 0.2) is 6.33 Å². The van der Waals surface area contributed by atoms with Crippen molar-refractivity contribution in [1.82, 2.24) is 20.2 Å². The van der Waals surface area contributed by atoms with Gasteiger partial charge in [0.2, 0.25) is 0 Å². The number of hydrogen-bond donors (Lipinski definition) is 0. The lowest BCUT2D eigenvalue weighted by Gasteiger charge is -2.02. The molecule has 0 bridgehead atoms. The Morgan fingerprint density at radius 1 is 1.54 bits per heavy atom. The molecule has 0 radical (unpaired) electrons. The topological polar surface area (TPSA) is 79.1 Å². The third-order valence-corrected chi connectivity index (χ3v) is 1.16. The van der Waals surface area contributed by atoms with Crippen LogP contribution in [0.3, 0.4) is 0 Å². The standard InChI is InChI=1S/C6H10N4O3/c1-2-12-6(11)13-4-3-10-8-5-7-9-10/h5H,2-4H2,1H3. The van der Waals surface area contributed by atoms with E-state index in [2.05, 4.69) is 24.9 Å². The molecule has 0 amide bonds. The summed E-state index contributed by atoms with van der Waals surface area (Å²) in [6.07, 6.45) is 0.632. The zero-order valence-corrected chi connectivity index (χ0v) is 7.21. The maximum Gasteiger partial charge on any atom is 0.508 e. The summed E-state index contributed by atoms with van der Waals surface area (Å²) >= 11 is 0. The van der Waals surface area contributed by atoms with E-state index in [1.54, 1.807) is 6.92 Å². The molecule has 1 heterocycles. The molecule has 0 saturated heterocycles. The van der Waals surface area contributed by atoms with Crippen LogP contribution in [0.2, 0.25) is 0 Å². The monoisotopic (exact) mass is 186 g/mol. The van der Waals surface area contributed by atoms with Gasteiger partial charge < -0.3 is 9.47 Å². The number of ether oxygens (including phenoxy) is 2. The molecule has 72 valence electrons. The predicted octanol–water partition coefficient (Wildman–Crippen LogP) is -0.154. The first-order chi connectivity index (χ1) is 6.33. The molecule has 0 saturated carbocycles. The highest BCUT2D eigenvalue weighted by Gasteiger charge is 2.01. The van der Waals surface area contributed by atoms with Crippen LogP contribution in [-0.2, 0) is 16.0 Å². The predicted molar refractivity (Wildman–Crippen MR) is 40.8 cm³/mol. The smallest absolute Gasteiger partial charge is 0.435 e. The van der Waals surface area contributed by atoms with Gasteiger partial charge in [-0.2, -0.15) is 4.80 Å². The second-order valence-electron chi connectivity index (χ2n) is 2.06. The molecule has 0 unspecified atom stereocenters. The van der Waals surface area contributed by atoms with Gasteiger partial charge in [-0.15, -0.1) is 10.2 Å². The summed E-state index contributed by atoms with van der Waals surface area (Å²) in [7, 11) is 0.